The van der Waals surface area contributed by atoms with E-state index in [0.29, 0.717) is 13.0 Å². The van der Waals surface area contributed by atoms with Crippen LogP contribution in [-0.4, -0.2) is 28.8 Å². The molecule has 5 nitrogen and oxygen atoms in total. The van der Waals surface area contributed by atoms with Crippen LogP contribution in [0.1, 0.15) is 33.5 Å². The Hall–Kier alpha value is -0.260. The molecule has 1 aromatic rings. The maximum Gasteiger partial charge on any atom is 0.327 e. The van der Waals surface area contributed by atoms with E-state index in [9.17, 15) is 0 Å². The number of hydrogen-bond donors (Lipinski definition) is 1. The zero-order valence-corrected chi connectivity index (χ0v) is 13.0. The highest BCUT2D eigenvalue weighted by atomic mass is 32.5. The minimum Gasteiger partial charge on any atom is -0.349 e. The molecule has 0 amide bonds. The van der Waals surface area contributed by atoms with Gasteiger partial charge < -0.3 is 18.6 Å². The third kappa shape index (κ3) is 5.59. The molecule has 0 saturated carbocycles. The summed E-state index contributed by atoms with van der Waals surface area (Å²) >= 11 is 5.36. The molecular formula is C11H21N2O3PS. The third-order valence-corrected chi connectivity index (χ3v) is 4.68. The predicted octanol–water partition coefficient (Wildman–Crippen LogP) is 3.04. The van der Waals surface area contributed by atoms with Crippen LogP contribution in [0.5, 0.6) is 0 Å². The highest BCUT2D eigenvalue weighted by molar-refractivity contribution is 8.07. The fourth-order valence-corrected chi connectivity index (χ4v) is 4.23. The lowest BCUT2D eigenvalue weighted by molar-refractivity contribution is 0.105. The van der Waals surface area contributed by atoms with Crippen molar-refractivity contribution in [2.45, 2.75) is 46.3 Å². The Balaban J connectivity index is 2.57. The molecule has 1 N–H and O–H groups in total. The average Bonchev–Trinajstić information content (AvgIpc) is 2.67. The fourth-order valence-electron chi connectivity index (χ4n) is 1.44. The molecule has 7 heteroatoms. The largest absolute Gasteiger partial charge is 0.349 e. The molecule has 0 fully saturated rings. The minimum atomic E-state index is -2.66. The molecule has 1 rings (SSSR count). The number of rotatable bonds is 8. The quantitative estimate of drug-likeness (QED) is 0.746. The Kier molecular flexibility index (Phi) is 6.46. The van der Waals surface area contributed by atoms with E-state index in [1.54, 1.807) is 12.4 Å². The van der Waals surface area contributed by atoms with E-state index in [0.717, 1.165) is 5.82 Å². The van der Waals surface area contributed by atoms with Gasteiger partial charge in [0.25, 0.3) is 0 Å². The molecule has 0 radical (unpaired) electrons. The monoisotopic (exact) mass is 292 g/mol. The Bertz CT molecular complexity index is 384. The Morgan fingerprint density at radius 3 is 2.61 bits per heavy atom. The first-order valence-electron chi connectivity index (χ1n) is 6.05. The van der Waals surface area contributed by atoms with Crippen molar-refractivity contribution in [3.63, 3.8) is 0 Å². The molecule has 0 spiro atoms. The Morgan fingerprint density at radius 2 is 2.11 bits per heavy atom. The van der Waals surface area contributed by atoms with Crippen molar-refractivity contribution >= 4 is 18.5 Å². The highest BCUT2D eigenvalue weighted by Gasteiger charge is 2.25. The van der Waals surface area contributed by atoms with Crippen molar-refractivity contribution in [3.05, 3.63) is 18.2 Å². The van der Waals surface area contributed by atoms with Gasteiger partial charge in [-0.05, 0) is 39.5 Å². The van der Waals surface area contributed by atoms with Crippen molar-refractivity contribution in [1.82, 2.24) is 9.97 Å². The van der Waals surface area contributed by atoms with Crippen molar-refractivity contribution in [2.24, 2.45) is 0 Å². The Labute approximate surface area is 114 Å². The van der Waals surface area contributed by atoms with Crippen LogP contribution in [-0.2, 0) is 31.8 Å². The van der Waals surface area contributed by atoms with E-state index < -0.39 is 6.72 Å². The first kappa shape index (κ1) is 15.8. The van der Waals surface area contributed by atoms with E-state index in [1.807, 2.05) is 27.7 Å². The van der Waals surface area contributed by atoms with E-state index in [-0.39, 0.29) is 12.2 Å². The normalized spacial score (nSPS) is 16.7. The molecule has 18 heavy (non-hydrogen) atoms. The van der Waals surface area contributed by atoms with Gasteiger partial charge in [-0.2, -0.15) is 0 Å². The van der Waals surface area contributed by atoms with Gasteiger partial charge >= 0.3 is 6.72 Å². The zero-order valence-electron chi connectivity index (χ0n) is 11.3. The average molecular weight is 292 g/mol. The minimum absolute atomic E-state index is 0.0156. The molecule has 0 aromatic carbocycles. The lowest BCUT2D eigenvalue weighted by atomic mass is 10.3. The number of hydrogen-bond acceptors (Lipinski definition) is 5. The summed E-state index contributed by atoms with van der Waals surface area (Å²) in [6.07, 6.45) is 4.03. The summed E-state index contributed by atoms with van der Waals surface area (Å²) in [5.41, 5.74) is 0. The summed E-state index contributed by atoms with van der Waals surface area (Å²) in [5, 5.41) is 0. The van der Waals surface area contributed by atoms with Gasteiger partial charge in [0.05, 0.1) is 18.8 Å². The SMILES string of the molecule is CCOP(=S)(OC(C)C)O[C@@H](C)Cc1ncc[nH]1. The van der Waals surface area contributed by atoms with Crippen LogP contribution in [0.2, 0.25) is 0 Å². The summed E-state index contributed by atoms with van der Waals surface area (Å²) < 4.78 is 16.9. The molecule has 0 saturated heterocycles. The molecule has 0 aliphatic heterocycles. The van der Waals surface area contributed by atoms with Crippen LogP contribution in [0.15, 0.2) is 12.4 Å². The predicted molar refractivity (Wildman–Crippen MR) is 75.0 cm³/mol. The maximum absolute atomic E-state index is 5.78. The summed E-state index contributed by atoms with van der Waals surface area (Å²) in [6, 6.07) is 0. The molecule has 2 atom stereocenters. The van der Waals surface area contributed by atoms with Gasteiger partial charge in [0, 0.05) is 18.8 Å². The van der Waals surface area contributed by atoms with Crippen LogP contribution in [0, 0.1) is 0 Å². The zero-order chi connectivity index (χ0) is 13.6. The number of nitrogens with zero attached hydrogens (tertiary/aromatic N) is 1. The first-order valence-corrected chi connectivity index (χ1v) is 8.60. The molecule has 1 aromatic heterocycles. The van der Waals surface area contributed by atoms with Crippen molar-refractivity contribution in [2.75, 3.05) is 6.61 Å². The lowest BCUT2D eigenvalue weighted by Gasteiger charge is -2.26. The van der Waals surface area contributed by atoms with Gasteiger partial charge in [0.15, 0.2) is 0 Å². The molecule has 1 heterocycles. The van der Waals surface area contributed by atoms with Crippen molar-refractivity contribution in [3.8, 4) is 0 Å². The second kappa shape index (κ2) is 7.36. The van der Waals surface area contributed by atoms with Gasteiger partial charge in [-0.25, -0.2) is 4.98 Å². The second-order valence-corrected chi connectivity index (χ2v) is 7.09. The van der Waals surface area contributed by atoms with Crippen molar-refractivity contribution in [1.29, 1.82) is 0 Å². The third-order valence-electron chi connectivity index (χ3n) is 1.97. The number of nitrogens with one attached hydrogen (secondary N) is 1. The van der Waals surface area contributed by atoms with Crippen molar-refractivity contribution < 1.29 is 13.6 Å². The number of H-pyrrole nitrogens is 1. The van der Waals surface area contributed by atoms with E-state index in [1.165, 1.54) is 0 Å². The van der Waals surface area contributed by atoms with E-state index in [4.69, 9.17) is 25.4 Å². The van der Waals surface area contributed by atoms with Gasteiger partial charge in [0.2, 0.25) is 0 Å². The van der Waals surface area contributed by atoms with Gasteiger partial charge in [-0.15, -0.1) is 0 Å². The maximum atomic E-state index is 5.78. The number of imidazole rings is 1. The molecular weight excluding hydrogens is 271 g/mol. The summed E-state index contributed by atoms with van der Waals surface area (Å²) in [5.74, 6) is 0.866. The molecule has 0 bridgehead atoms. The van der Waals surface area contributed by atoms with Crippen LogP contribution in [0.25, 0.3) is 0 Å². The standard InChI is InChI=1S/C11H21N2O3PS/c1-5-14-17(18,15-9(2)3)16-10(4)8-11-12-6-7-13-11/h6-7,9-10H,5,8H2,1-4H3,(H,12,13)/t10-,17?/m0/s1. The Morgan fingerprint density at radius 1 is 1.39 bits per heavy atom. The molecule has 1 unspecified atom stereocenters. The van der Waals surface area contributed by atoms with E-state index in [2.05, 4.69) is 9.97 Å². The van der Waals surface area contributed by atoms with Crippen LogP contribution >= 0.6 is 6.72 Å². The number of aromatic nitrogens is 2. The molecule has 0 aliphatic rings. The first-order chi connectivity index (χ1) is 8.45. The second-order valence-electron chi connectivity index (χ2n) is 4.18. The number of aromatic amines is 1. The highest BCUT2D eigenvalue weighted by Crippen LogP contribution is 2.52. The summed E-state index contributed by atoms with van der Waals surface area (Å²) in [6.45, 7) is 5.48. The molecule has 104 valence electrons. The smallest absolute Gasteiger partial charge is 0.327 e. The van der Waals surface area contributed by atoms with Gasteiger partial charge in [-0.3, -0.25) is 0 Å². The topological polar surface area (TPSA) is 56.4 Å². The summed E-state index contributed by atoms with van der Waals surface area (Å²) in [7, 11) is 0. The van der Waals surface area contributed by atoms with Crippen LogP contribution < -0.4 is 0 Å². The fraction of sp³-hybridized carbons (Fsp3) is 0.727. The van der Waals surface area contributed by atoms with Gasteiger partial charge in [0.1, 0.15) is 5.82 Å². The van der Waals surface area contributed by atoms with Crippen LogP contribution in [0.4, 0.5) is 0 Å². The van der Waals surface area contributed by atoms with E-state index >= 15 is 0 Å². The molecule has 0 aliphatic carbocycles. The van der Waals surface area contributed by atoms with Gasteiger partial charge in [-0.1, -0.05) is 0 Å². The lowest BCUT2D eigenvalue weighted by Crippen LogP contribution is -2.15. The summed E-state index contributed by atoms with van der Waals surface area (Å²) in [4.78, 5) is 7.19. The van der Waals surface area contributed by atoms with Crippen LogP contribution in [0.3, 0.4) is 0 Å².